The van der Waals surface area contributed by atoms with Crippen molar-refractivity contribution < 1.29 is 14.3 Å². The summed E-state index contributed by atoms with van der Waals surface area (Å²) in [6.45, 7) is 2.40. The molecule has 1 heterocycles. The molecule has 1 aliphatic heterocycles. The second kappa shape index (κ2) is 7.29. The summed E-state index contributed by atoms with van der Waals surface area (Å²) < 4.78 is 11.1. The van der Waals surface area contributed by atoms with Crippen molar-refractivity contribution in [1.29, 1.82) is 5.26 Å². The van der Waals surface area contributed by atoms with Gasteiger partial charge in [0.1, 0.15) is 10.4 Å². The van der Waals surface area contributed by atoms with Gasteiger partial charge >= 0.3 is 0 Å². The molecule has 0 aliphatic carbocycles. The number of thioether (sulfide) groups is 1. The maximum atomic E-state index is 12.2. The highest BCUT2D eigenvalue weighted by Crippen LogP contribution is 2.34. The number of thiocarbonyl (C=S) groups is 1. The Kier molecular flexibility index (Phi) is 5.41. The molecule has 22 heavy (non-hydrogen) atoms. The van der Waals surface area contributed by atoms with Crippen molar-refractivity contribution in [1.82, 2.24) is 4.90 Å². The lowest BCUT2D eigenvalue weighted by Crippen LogP contribution is -2.27. The second-order valence-corrected chi connectivity index (χ2v) is 5.96. The molecule has 7 heteroatoms. The summed E-state index contributed by atoms with van der Waals surface area (Å²) in [4.78, 5) is 14.3. The van der Waals surface area contributed by atoms with E-state index in [4.69, 9.17) is 27.0 Å². The van der Waals surface area contributed by atoms with Gasteiger partial charge in [0.15, 0.2) is 18.1 Å². The number of carbonyl (C=O) groups excluding carboxylic acids is 1. The average Bonchev–Trinajstić information content (AvgIpc) is 2.79. The fourth-order valence-corrected chi connectivity index (χ4v) is 3.31. The lowest BCUT2D eigenvalue weighted by atomic mass is 10.2. The lowest BCUT2D eigenvalue weighted by Gasteiger charge is -2.10. The van der Waals surface area contributed by atoms with E-state index in [0.717, 1.165) is 5.56 Å². The molecule has 1 amide bonds. The number of likely N-dealkylation sites (N-methyl/N-ethyl adjacent to an activating group) is 1. The van der Waals surface area contributed by atoms with Crippen LogP contribution in [-0.4, -0.2) is 35.4 Å². The highest BCUT2D eigenvalue weighted by Gasteiger charge is 2.30. The van der Waals surface area contributed by atoms with E-state index in [-0.39, 0.29) is 12.5 Å². The number of hydrogen-bond donors (Lipinski definition) is 0. The molecular weight excluding hydrogens is 320 g/mol. The van der Waals surface area contributed by atoms with Crippen LogP contribution in [0.5, 0.6) is 11.5 Å². The molecule has 2 rings (SSSR count). The zero-order valence-corrected chi connectivity index (χ0v) is 13.8. The van der Waals surface area contributed by atoms with Crippen molar-refractivity contribution in [3.63, 3.8) is 0 Å². The fraction of sp³-hybridized carbons (Fsp3) is 0.267. The summed E-state index contributed by atoms with van der Waals surface area (Å²) in [6.07, 6.45) is 1.77. The van der Waals surface area contributed by atoms with E-state index < -0.39 is 0 Å². The number of nitrogens with zero attached hydrogens (tertiary/aromatic N) is 2. The van der Waals surface area contributed by atoms with Gasteiger partial charge in [0.05, 0.1) is 12.0 Å². The van der Waals surface area contributed by atoms with Crippen LogP contribution in [0.4, 0.5) is 0 Å². The Hall–Kier alpha value is -2.04. The number of hydrogen-bond acceptors (Lipinski definition) is 6. The molecular formula is C15H14N2O3S2. The van der Waals surface area contributed by atoms with Crippen molar-refractivity contribution in [3.05, 3.63) is 28.7 Å². The summed E-state index contributed by atoms with van der Waals surface area (Å²) >= 11 is 6.47. The van der Waals surface area contributed by atoms with Crippen molar-refractivity contribution in [2.75, 3.05) is 20.3 Å². The van der Waals surface area contributed by atoms with E-state index in [0.29, 0.717) is 27.3 Å². The van der Waals surface area contributed by atoms with E-state index in [1.165, 1.54) is 18.9 Å². The van der Waals surface area contributed by atoms with E-state index in [1.807, 2.05) is 13.0 Å². The molecule has 0 bridgehead atoms. The number of methoxy groups -OCH3 is 1. The van der Waals surface area contributed by atoms with Gasteiger partial charge in [-0.25, -0.2) is 0 Å². The first-order chi connectivity index (χ1) is 10.6. The van der Waals surface area contributed by atoms with Crippen LogP contribution >= 0.6 is 24.0 Å². The molecule has 1 aromatic carbocycles. The average molecular weight is 334 g/mol. The predicted molar refractivity (Wildman–Crippen MR) is 89.7 cm³/mol. The van der Waals surface area contributed by atoms with Gasteiger partial charge in [0.2, 0.25) is 0 Å². The lowest BCUT2D eigenvalue weighted by molar-refractivity contribution is -0.121. The van der Waals surface area contributed by atoms with Gasteiger partial charge < -0.3 is 9.47 Å². The van der Waals surface area contributed by atoms with Crippen LogP contribution in [0.25, 0.3) is 6.08 Å². The fourth-order valence-electron chi connectivity index (χ4n) is 1.93. The molecule has 0 spiro atoms. The Morgan fingerprint density at radius 3 is 2.82 bits per heavy atom. The highest BCUT2D eigenvalue weighted by atomic mass is 32.2. The van der Waals surface area contributed by atoms with Gasteiger partial charge in [-0.3, -0.25) is 9.69 Å². The van der Waals surface area contributed by atoms with Crippen LogP contribution in [0.3, 0.4) is 0 Å². The first-order valence-electron chi connectivity index (χ1n) is 6.53. The Balaban J connectivity index is 2.27. The molecule has 0 aromatic heterocycles. The molecule has 0 saturated carbocycles. The molecule has 5 nitrogen and oxygen atoms in total. The minimum atomic E-state index is -0.0822. The molecule has 1 fully saturated rings. The summed E-state index contributed by atoms with van der Waals surface area (Å²) in [5.41, 5.74) is 0.803. The van der Waals surface area contributed by atoms with Gasteiger partial charge in [0, 0.05) is 6.54 Å². The predicted octanol–water partition coefficient (Wildman–Crippen LogP) is 2.82. The van der Waals surface area contributed by atoms with E-state index >= 15 is 0 Å². The van der Waals surface area contributed by atoms with Crippen LogP contribution in [0.2, 0.25) is 0 Å². The van der Waals surface area contributed by atoms with Gasteiger partial charge in [-0.2, -0.15) is 5.26 Å². The van der Waals surface area contributed by atoms with E-state index in [9.17, 15) is 4.79 Å². The van der Waals surface area contributed by atoms with Crippen molar-refractivity contribution >= 4 is 40.3 Å². The standard InChI is InChI=1S/C15H14N2O3S2/c1-3-17-14(18)13(22-15(17)21)9-10-4-5-11(20-7-6-16)12(8-10)19-2/h4-5,8-9H,3,7H2,1-2H3/b13-9-. The Bertz CT molecular complexity index is 680. The maximum absolute atomic E-state index is 12.2. The summed E-state index contributed by atoms with van der Waals surface area (Å²) in [5, 5.41) is 8.56. The number of benzene rings is 1. The third-order valence-corrected chi connectivity index (χ3v) is 4.35. The minimum Gasteiger partial charge on any atom is -0.493 e. The molecule has 1 aliphatic rings. The molecule has 1 saturated heterocycles. The minimum absolute atomic E-state index is 0.0507. The molecule has 0 unspecified atom stereocenters. The number of amides is 1. The third-order valence-electron chi connectivity index (χ3n) is 2.97. The first-order valence-corrected chi connectivity index (χ1v) is 7.76. The van der Waals surface area contributed by atoms with Crippen LogP contribution in [0.15, 0.2) is 23.1 Å². The van der Waals surface area contributed by atoms with Crippen LogP contribution in [0.1, 0.15) is 12.5 Å². The van der Waals surface area contributed by atoms with Crippen molar-refractivity contribution in [2.24, 2.45) is 0 Å². The SMILES string of the molecule is CCN1C(=O)/C(=C/c2ccc(OCC#N)c(OC)c2)SC1=S. The molecule has 0 radical (unpaired) electrons. The van der Waals surface area contributed by atoms with Crippen LogP contribution in [-0.2, 0) is 4.79 Å². The number of carbonyl (C=O) groups is 1. The van der Waals surface area contributed by atoms with Crippen LogP contribution in [0, 0.1) is 11.3 Å². The largest absolute Gasteiger partial charge is 0.493 e. The molecule has 0 N–H and O–H groups in total. The molecule has 0 atom stereocenters. The molecule has 114 valence electrons. The number of ether oxygens (including phenoxy) is 2. The van der Waals surface area contributed by atoms with Crippen molar-refractivity contribution in [2.45, 2.75) is 6.92 Å². The zero-order valence-electron chi connectivity index (χ0n) is 12.2. The zero-order chi connectivity index (χ0) is 16.1. The number of nitriles is 1. The Labute approximate surface area is 138 Å². The van der Waals surface area contributed by atoms with E-state index in [1.54, 1.807) is 29.2 Å². The normalized spacial score (nSPS) is 16.0. The van der Waals surface area contributed by atoms with Gasteiger partial charge in [0.25, 0.3) is 5.91 Å². The second-order valence-electron chi connectivity index (χ2n) is 4.28. The summed E-state index contributed by atoms with van der Waals surface area (Å²) in [6, 6.07) is 7.17. The van der Waals surface area contributed by atoms with Gasteiger partial charge in [-0.15, -0.1) is 0 Å². The monoisotopic (exact) mass is 334 g/mol. The smallest absolute Gasteiger partial charge is 0.266 e. The van der Waals surface area contributed by atoms with Gasteiger partial charge in [-0.1, -0.05) is 30.0 Å². The quantitative estimate of drug-likeness (QED) is 0.609. The third kappa shape index (κ3) is 3.40. The van der Waals surface area contributed by atoms with Gasteiger partial charge in [-0.05, 0) is 30.7 Å². The number of rotatable bonds is 5. The topological polar surface area (TPSA) is 62.6 Å². The van der Waals surface area contributed by atoms with Crippen molar-refractivity contribution in [3.8, 4) is 17.6 Å². The Morgan fingerprint density at radius 2 is 2.23 bits per heavy atom. The first kappa shape index (κ1) is 16.3. The van der Waals surface area contributed by atoms with Crippen LogP contribution < -0.4 is 9.47 Å². The Morgan fingerprint density at radius 1 is 1.45 bits per heavy atom. The van der Waals surface area contributed by atoms with E-state index in [2.05, 4.69) is 0 Å². The molecule has 1 aromatic rings. The summed E-state index contributed by atoms with van der Waals surface area (Å²) in [7, 11) is 1.52. The highest BCUT2D eigenvalue weighted by molar-refractivity contribution is 8.26. The maximum Gasteiger partial charge on any atom is 0.266 e. The summed E-state index contributed by atoms with van der Waals surface area (Å²) in [5.74, 6) is 0.915.